The molecule has 0 aromatic heterocycles. The molecule has 18 heavy (non-hydrogen) atoms. The Morgan fingerprint density at radius 2 is 1.61 bits per heavy atom. The van der Waals surface area contributed by atoms with Gasteiger partial charge >= 0.3 is 6.18 Å². The van der Waals surface area contributed by atoms with Crippen molar-refractivity contribution in [1.29, 1.82) is 0 Å². The van der Waals surface area contributed by atoms with E-state index in [4.69, 9.17) is 10.5 Å². The lowest BCUT2D eigenvalue weighted by molar-refractivity contribution is -0.180. The van der Waals surface area contributed by atoms with Crippen LogP contribution < -0.4 is 5.73 Å². The Labute approximate surface area is 106 Å². The van der Waals surface area contributed by atoms with E-state index in [0.29, 0.717) is 6.54 Å². The predicted molar refractivity (Wildman–Crippen MR) is 62.3 cm³/mol. The molecule has 0 aromatic rings. The average molecular weight is 269 g/mol. The Morgan fingerprint density at radius 3 is 2.11 bits per heavy atom. The van der Waals surface area contributed by atoms with Crippen molar-refractivity contribution >= 4 is 0 Å². The summed E-state index contributed by atoms with van der Waals surface area (Å²) in [4.78, 5) is 0. The molecule has 0 aliphatic heterocycles. The van der Waals surface area contributed by atoms with Gasteiger partial charge in [0.15, 0.2) is 0 Å². The van der Waals surface area contributed by atoms with Crippen LogP contribution in [0.3, 0.4) is 0 Å². The fourth-order valence-electron chi connectivity index (χ4n) is 2.29. The maximum Gasteiger partial charge on any atom is 0.411 e. The van der Waals surface area contributed by atoms with Crippen LogP contribution >= 0.6 is 0 Å². The lowest BCUT2D eigenvalue weighted by Gasteiger charge is -2.31. The summed E-state index contributed by atoms with van der Waals surface area (Å²) < 4.78 is 45.8. The van der Waals surface area contributed by atoms with E-state index >= 15 is 0 Å². The van der Waals surface area contributed by atoms with Crippen LogP contribution in [0.5, 0.6) is 0 Å². The van der Waals surface area contributed by atoms with E-state index in [1.54, 1.807) is 0 Å². The van der Waals surface area contributed by atoms with Crippen LogP contribution in [0.4, 0.5) is 13.2 Å². The SMILES string of the molecule is NCC1(OCCOCC(F)(F)F)CCCCCC1. The van der Waals surface area contributed by atoms with Crippen LogP contribution in [0.15, 0.2) is 0 Å². The third-order valence-electron chi connectivity index (χ3n) is 3.29. The maximum absolute atomic E-state index is 11.8. The van der Waals surface area contributed by atoms with Crippen LogP contribution in [0.2, 0.25) is 0 Å². The maximum atomic E-state index is 11.8. The zero-order chi connectivity index (χ0) is 13.5. The lowest BCUT2D eigenvalue weighted by atomic mass is 9.94. The first-order valence-corrected chi connectivity index (χ1v) is 6.46. The van der Waals surface area contributed by atoms with Crippen molar-refractivity contribution in [3.8, 4) is 0 Å². The van der Waals surface area contributed by atoms with Gasteiger partial charge in [-0.25, -0.2) is 0 Å². The molecule has 6 heteroatoms. The van der Waals surface area contributed by atoms with Gasteiger partial charge in [0.2, 0.25) is 0 Å². The summed E-state index contributed by atoms with van der Waals surface area (Å²) in [7, 11) is 0. The van der Waals surface area contributed by atoms with E-state index in [1.807, 2.05) is 0 Å². The molecule has 108 valence electrons. The van der Waals surface area contributed by atoms with Crippen molar-refractivity contribution < 1.29 is 22.6 Å². The molecule has 0 bridgehead atoms. The predicted octanol–water partition coefficient (Wildman–Crippen LogP) is 2.63. The molecule has 0 spiro atoms. The molecule has 0 radical (unpaired) electrons. The minimum atomic E-state index is -4.27. The molecule has 1 fully saturated rings. The highest BCUT2D eigenvalue weighted by Gasteiger charge is 2.31. The van der Waals surface area contributed by atoms with Crippen molar-refractivity contribution in [3.63, 3.8) is 0 Å². The quantitative estimate of drug-likeness (QED) is 0.595. The molecule has 0 saturated heterocycles. The second kappa shape index (κ2) is 7.31. The number of nitrogens with two attached hydrogens (primary N) is 1. The van der Waals surface area contributed by atoms with Crippen LogP contribution in [0.1, 0.15) is 38.5 Å². The van der Waals surface area contributed by atoms with E-state index in [1.165, 1.54) is 12.8 Å². The normalized spacial score (nSPS) is 20.7. The molecule has 0 aromatic carbocycles. The fraction of sp³-hybridized carbons (Fsp3) is 1.00. The molecule has 0 amide bonds. The molecule has 0 atom stereocenters. The number of hydrogen-bond donors (Lipinski definition) is 1. The Hall–Kier alpha value is -0.330. The highest BCUT2D eigenvalue weighted by molar-refractivity contribution is 4.84. The van der Waals surface area contributed by atoms with Crippen molar-refractivity contribution in [2.45, 2.75) is 50.3 Å². The van der Waals surface area contributed by atoms with Gasteiger partial charge < -0.3 is 15.2 Å². The monoisotopic (exact) mass is 269 g/mol. The highest BCUT2D eigenvalue weighted by atomic mass is 19.4. The van der Waals surface area contributed by atoms with E-state index in [0.717, 1.165) is 25.7 Å². The van der Waals surface area contributed by atoms with Crippen LogP contribution in [-0.4, -0.2) is 38.1 Å². The molecular formula is C12H22F3NO2. The standard InChI is InChI=1S/C12H22F3NO2/c13-12(14,15)10-17-7-8-18-11(9-16)5-3-1-2-4-6-11/h1-10,16H2. The van der Waals surface area contributed by atoms with Gasteiger partial charge in [-0.05, 0) is 12.8 Å². The number of rotatable bonds is 6. The van der Waals surface area contributed by atoms with Gasteiger partial charge in [-0.15, -0.1) is 0 Å². The molecule has 0 unspecified atom stereocenters. The summed E-state index contributed by atoms with van der Waals surface area (Å²) in [6.07, 6.45) is 2.01. The molecule has 1 aliphatic carbocycles. The third-order valence-corrected chi connectivity index (χ3v) is 3.29. The largest absolute Gasteiger partial charge is 0.411 e. The second-order valence-electron chi connectivity index (χ2n) is 4.82. The van der Waals surface area contributed by atoms with Crippen LogP contribution in [0.25, 0.3) is 0 Å². The van der Waals surface area contributed by atoms with Gasteiger partial charge in [0, 0.05) is 6.54 Å². The van der Waals surface area contributed by atoms with Crippen molar-refractivity contribution in [1.82, 2.24) is 0 Å². The summed E-state index contributed by atoms with van der Waals surface area (Å²) in [5.41, 5.74) is 5.40. The van der Waals surface area contributed by atoms with E-state index in [2.05, 4.69) is 4.74 Å². The second-order valence-corrected chi connectivity index (χ2v) is 4.82. The Kier molecular flexibility index (Phi) is 6.38. The molecule has 3 nitrogen and oxygen atoms in total. The summed E-state index contributed by atoms with van der Waals surface area (Å²) in [6, 6.07) is 0. The van der Waals surface area contributed by atoms with Gasteiger partial charge in [0.1, 0.15) is 6.61 Å². The zero-order valence-corrected chi connectivity index (χ0v) is 10.6. The van der Waals surface area contributed by atoms with Gasteiger partial charge in [0.25, 0.3) is 0 Å². The first kappa shape index (κ1) is 15.7. The zero-order valence-electron chi connectivity index (χ0n) is 10.6. The molecule has 1 rings (SSSR count). The van der Waals surface area contributed by atoms with E-state index in [-0.39, 0.29) is 18.8 Å². The summed E-state index contributed by atoms with van der Waals surface area (Å²) in [5, 5.41) is 0. The van der Waals surface area contributed by atoms with Crippen LogP contribution in [-0.2, 0) is 9.47 Å². The Morgan fingerprint density at radius 1 is 1.00 bits per heavy atom. The minimum Gasteiger partial charge on any atom is -0.371 e. The number of halogens is 3. The third kappa shape index (κ3) is 6.02. The summed E-state index contributed by atoms with van der Waals surface area (Å²) >= 11 is 0. The number of ether oxygens (including phenoxy) is 2. The molecule has 1 aliphatic rings. The first-order chi connectivity index (χ1) is 8.47. The number of hydrogen-bond acceptors (Lipinski definition) is 3. The minimum absolute atomic E-state index is 0.0404. The Balaban J connectivity index is 2.22. The fourth-order valence-corrected chi connectivity index (χ4v) is 2.29. The van der Waals surface area contributed by atoms with Crippen molar-refractivity contribution in [3.05, 3.63) is 0 Å². The topological polar surface area (TPSA) is 44.5 Å². The van der Waals surface area contributed by atoms with Crippen molar-refractivity contribution in [2.24, 2.45) is 5.73 Å². The van der Waals surface area contributed by atoms with Gasteiger partial charge in [0.05, 0.1) is 18.8 Å². The first-order valence-electron chi connectivity index (χ1n) is 6.46. The van der Waals surface area contributed by atoms with Gasteiger partial charge in [-0.3, -0.25) is 0 Å². The average Bonchev–Trinajstić information content (AvgIpc) is 2.53. The lowest BCUT2D eigenvalue weighted by Crippen LogP contribution is -2.41. The summed E-state index contributed by atoms with van der Waals surface area (Å²) in [6.45, 7) is -0.660. The molecule has 0 heterocycles. The molecule has 1 saturated carbocycles. The number of alkyl halides is 3. The highest BCUT2D eigenvalue weighted by Crippen LogP contribution is 2.29. The van der Waals surface area contributed by atoms with E-state index < -0.39 is 12.8 Å². The smallest absolute Gasteiger partial charge is 0.371 e. The van der Waals surface area contributed by atoms with Gasteiger partial charge in [-0.1, -0.05) is 25.7 Å². The molecular weight excluding hydrogens is 247 g/mol. The molecule has 2 N–H and O–H groups in total. The van der Waals surface area contributed by atoms with Crippen LogP contribution in [0, 0.1) is 0 Å². The van der Waals surface area contributed by atoms with Crippen molar-refractivity contribution in [2.75, 3.05) is 26.4 Å². The summed E-state index contributed by atoms with van der Waals surface area (Å²) in [5.74, 6) is 0. The Bertz CT molecular complexity index is 226. The van der Waals surface area contributed by atoms with E-state index in [9.17, 15) is 13.2 Å². The van der Waals surface area contributed by atoms with Gasteiger partial charge in [-0.2, -0.15) is 13.2 Å².